The lowest BCUT2D eigenvalue weighted by molar-refractivity contribution is -0.384. The first-order chi connectivity index (χ1) is 11.0. The Balaban J connectivity index is 2.17. The number of nitrogens with one attached hydrogen (secondary N) is 1. The predicted molar refractivity (Wildman–Crippen MR) is 82.7 cm³/mol. The molecule has 23 heavy (non-hydrogen) atoms. The molecule has 0 saturated heterocycles. The van der Waals surface area contributed by atoms with E-state index in [1.54, 1.807) is 30.3 Å². The molecule has 2 aromatic rings. The fourth-order valence-corrected chi connectivity index (χ4v) is 1.94. The molecule has 0 aliphatic heterocycles. The fourth-order valence-electron chi connectivity index (χ4n) is 1.94. The standard InChI is InChI=1S/C16H14N2O5/c1-11(19)23-15(12-5-3-2-4-6-12)16(20)17-13-7-9-14(10-8-13)18(21)22/h2-10,15H,1H3,(H,17,20). The Kier molecular flexibility index (Phi) is 5.03. The number of rotatable bonds is 5. The van der Waals surface area contributed by atoms with Gasteiger partial charge in [-0.2, -0.15) is 0 Å². The zero-order valence-corrected chi connectivity index (χ0v) is 12.3. The van der Waals surface area contributed by atoms with E-state index in [4.69, 9.17) is 4.74 Å². The van der Waals surface area contributed by atoms with E-state index in [0.717, 1.165) is 0 Å². The zero-order valence-electron chi connectivity index (χ0n) is 12.3. The van der Waals surface area contributed by atoms with E-state index in [9.17, 15) is 19.7 Å². The Morgan fingerprint density at radius 2 is 1.70 bits per heavy atom. The number of ether oxygens (including phenoxy) is 1. The summed E-state index contributed by atoms with van der Waals surface area (Å²) < 4.78 is 5.07. The molecule has 7 nitrogen and oxygen atoms in total. The highest BCUT2D eigenvalue weighted by Gasteiger charge is 2.23. The first-order valence-electron chi connectivity index (χ1n) is 6.75. The summed E-state index contributed by atoms with van der Waals surface area (Å²) >= 11 is 0. The maximum atomic E-state index is 12.3. The average Bonchev–Trinajstić information content (AvgIpc) is 2.53. The molecule has 1 amide bonds. The number of non-ortho nitro benzene ring substituents is 1. The number of benzene rings is 2. The Morgan fingerprint density at radius 1 is 1.09 bits per heavy atom. The van der Waals surface area contributed by atoms with Crippen LogP contribution in [0.1, 0.15) is 18.6 Å². The molecule has 1 N–H and O–H groups in total. The third-order valence-electron chi connectivity index (χ3n) is 2.97. The zero-order chi connectivity index (χ0) is 16.8. The van der Waals surface area contributed by atoms with E-state index >= 15 is 0 Å². The molecule has 0 aliphatic carbocycles. The van der Waals surface area contributed by atoms with E-state index in [2.05, 4.69) is 5.32 Å². The summed E-state index contributed by atoms with van der Waals surface area (Å²) in [6.45, 7) is 1.22. The summed E-state index contributed by atoms with van der Waals surface area (Å²) in [5.41, 5.74) is 0.818. The van der Waals surface area contributed by atoms with Crippen molar-refractivity contribution >= 4 is 23.3 Å². The number of carbonyl (C=O) groups excluding carboxylic acids is 2. The van der Waals surface area contributed by atoms with Crippen LogP contribution in [0.15, 0.2) is 54.6 Å². The smallest absolute Gasteiger partial charge is 0.303 e. The summed E-state index contributed by atoms with van der Waals surface area (Å²) in [5, 5.41) is 13.2. The van der Waals surface area contributed by atoms with Crippen LogP contribution in [-0.2, 0) is 14.3 Å². The Labute approximate surface area is 132 Å². The van der Waals surface area contributed by atoms with Crippen LogP contribution in [0.2, 0.25) is 0 Å². The maximum absolute atomic E-state index is 12.3. The first kappa shape index (κ1) is 16.2. The van der Waals surface area contributed by atoms with E-state index in [1.165, 1.54) is 31.2 Å². The van der Waals surface area contributed by atoms with E-state index in [-0.39, 0.29) is 5.69 Å². The van der Waals surface area contributed by atoms with Crippen LogP contribution in [0.4, 0.5) is 11.4 Å². The van der Waals surface area contributed by atoms with Gasteiger partial charge in [0.2, 0.25) is 6.10 Å². The van der Waals surface area contributed by atoms with Gasteiger partial charge in [-0.3, -0.25) is 19.7 Å². The minimum absolute atomic E-state index is 0.0809. The first-order valence-corrected chi connectivity index (χ1v) is 6.75. The number of hydrogen-bond acceptors (Lipinski definition) is 5. The molecular weight excluding hydrogens is 300 g/mol. The third-order valence-corrected chi connectivity index (χ3v) is 2.97. The SMILES string of the molecule is CC(=O)OC(C(=O)Nc1ccc([N+](=O)[O-])cc1)c1ccccc1. The number of nitro benzene ring substituents is 1. The topological polar surface area (TPSA) is 98.5 Å². The largest absolute Gasteiger partial charge is 0.447 e. The molecule has 7 heteroatoms. The molecule has 1 unspecified atom stereocenters. The van der Waals surface area contributed by atoms with Crippen molar-refractivity contribution in [3.05, 3.63) is 70.3 Å². The lowest BCUT2D eigenvalue weighted by atomic mass is 10.1. The molecule has 0 aliphatic rings. The quantitative estimate of drug-likeness (QED) is 0.520. The molecule has 0 radical (unpaired) electrons. The van der Waals surface area contributed by atoms with Gasteiger partial charge in [0.1, 0.15) is 0 Å². The molecule has 0 bridgehead atoms. The minimum atomic E-state index is -1.09. The van der Waals surface area contributed by atoms with Crippen LogP contribution < -0.4 is 5.32 Å². The Hall–Kier alpha value is -3.22. The second kappa shape index (κ2) is 7.17. The van der Waals surface area contributed by atoms with Crippen molar-refractivity contribution in [3.63, 3.8) is 0 Å². The van der Waals surface area contributed by atoms with Gasteiger partial charge in [0.15, 0.2) is 0 Å². The van der Waals surface area contributed by atoms with Crippen molar-refractivity contribution in [1.82, 2.24) is 0 Å². The van der Waals surface area contributed by atoms with Gasteiger partial charge in [-0.05, 0) is 12.1 Å². The molecule has 0 spiro atoms. The second-order valence-corrected chi connectivity index (χ2v) is 4.69. The predicted octanol–water partition coefficient (Wildman–Crippen LogP) is 2.84. The van der Waals surface area contributed by atoms with Crippen molar-refractivity contribution in [1.29, 1.82) is 0 Å². The van der Waals surface area contributed by atoms with Crippen LogP contribution in [0.3, 0.4) is 0 Å². The highest BCUT2D eigenvalue weighted by Crippen LogP contribution is 2.21. The molecule has 0 aromatic heterocycles. The van der Waals surface area contributed by atoms with Crippen molar-refractivity contribution in [2.24, 2.45) is 0 Å². The molecule has 0 heterocycles. The molecule has 2 aromatic carbocycles. The lowest BCUT2D eigenvalue weighted by Gasteiger charge is -2.17. The fraction of sp³-hybridized carbons (Fsp3) is 0.125. The van der Waals surface area contributed by atoms with Gasteiger partial charge in [0, 0.05) is 30.3 Å². The summed E-state index contributed by atoms with van der Waals surface area (Å²) in [5.74, 6) is -1.13. The van der Waals surface area contributed by atoms with E-state index in [0.29, 0.717) is 11.3 Å². The van der Waals surface area contributed by atoms with Gasteiger partial charge in [-0.1, -0.05) is 30.3 Å². The number of anilines is 1. The van der Waals surface area contributed by atoms with Gasteiger partial charge in [-0.15, -0.1) is 0 Å². The van der Waals surface area contributed by atoms with Crippen LogP contribution >= 0.6 is 0 Å². The molecule has 118 valence electrons. The summed E-state index contributed by atoms with van der Waals surface area (Å²) in [4.78, 5) is 33.7. The molecule has 1 atom stereocenters. The number of esters is 1. The Morgan fingerprint density at radius 3 is 2.22 bits per heavy atom. The number of nitrogens with zero attached hydrogens (tertiary/aromatic N) is 1. The highest BCUT2D eigenvalue weighted by molar-refractivity contribution is 5.96. The maximum Gasteiger partial charge on any atom is 0.303 e. The summed E-state index contributed by atoms with van der Waals surface area (Å²) in [6.07, 6.45) is -1.09. The monoisotopic (exact) mass is 314 g/mol. The highest BCUT2D eigenvalue weighted by atomic mass is 16.6. The van der Waals surface area contributed by atoms with Gasteiger partial charge in [0.05, 0.1) is 4.92 Å². The van der Waals surface area contributed by atoms with Gasteiger partial charge < -0.3 is 10.1 Å². The van der Waals surface area contributed by atoms with Crippen LogP contribution in [0.5, 0.6) is 0 Å². The van der Waals surface area contributed by atoms with Crippen LogP contribution in [-0.4, -0.2) is 16.8 Å². The molecular formula is C16H14N2O5. The lowest BCUT2D eigenvalue weighted by Crippen LogP contribution is -2.25. The van der Waals surface area contributed by atoms with Crippen molar-refractivity contribution in [2.45, 2.75) is 13.0 Å². The van der Waals surface area contributed by atoms with Crippen molar-refractivity contribution < 1.29 is 19.2 Å². The normalized spacial score (nSPS) is 11.3. The van der Waals surface area contributed by atoms with Crippen molar-refractivity contribution in [3.8, 4) is 0 Å². The van der Waals surface area contributed by atoms with Gasteiger partial charge in [-0.25, -0.2) is 0 Å². The molecule has 2 rings (SSSR count). The second-order valence-electron chi connectivity index (χ2n) is 4.69. The molecule has 0 fully saturated rings. The van der Waals surface area contributed by atoms with E-state index in [1.807, 2.05) is 0 Å². The Bertz CT molecular complexity index is 713. The molecule has 0 saturated carbocycles. The third kappa shape index (κ3) is 4.37. The summed E-state index contributed by atoms with van der Waals surface area (Å²) in [7, 11) is 0. The number of amides is 1. The van der Waals surface area contributed by atoms with Gasteiger partial charge in [0.25, 0.3) is 11.6 Å². The number of hydrogen-bond donors (Lipinski definition) is 1. The number of carbonyl (C=O) groups is 2. The van der Waals surface area contributed by atoms with Crippen LogP contribution in [0, 0.1) is 10.1 Å². The van der Waals surface area contributed by atoms with Crippen molar-refractivity contribution in [2.75, 3.05) is 5.32 Å². The van der Waals surface area contributed by atoms with Crippen LogP contribution in [0.25, 0.3) is 0 Å². The number of nitro groups is 1. The summed E-state index contributed by atoms with van der Waals surface area (Å²) in [6, 6.07) is 13.9. The average molecular weight is 314 g/mol. The van der Waals surface area contributed by atoms with E-state index < -0.39 is 22.9 Å². The minimum Gasteiger partial charge on any atom is -0.447 e. The van der Waals surface area contributed by atoms with Gasteiger partial charge >= 0.3 is 5.97 Å².